The van der Waals surface area contributed by atoms with E-state index in [4.69, 9.17) is 0 Å². The fourth-order valence-electron chi connectivity index (χ4n) is 2.09. The molecular formula is C22H20FeO2. The largest absolute Gasteiger partial charge is 2.00 e. The number of hydrogen-bond acceptors (Lipinski definition) is 2. The van der Waals surface area contributed by atoms with Gasteiger partial charge >= 0.3 is 17.1 Å². The van der Waals surface area contributed by atoms with Crippen LogP contribution in [0.25, 0.3) is 6.08 Å². The summed E-state index contributed by atoms with van der Waals surface area (Å²) in [4.78, 5) is 0. The number of aryl methyl sites for hydroxylation is 1. The number of benzene rings is 1. The summed E-state index contributed by atoms with van der Waals surface area (Å²) in [5.74, 6) is 0.181. The van der Waals surface area contributed by atoms with Gasteiger partial charge in [-0.3, -0.25) is 0 Å². The van der Waals surface area contributed by atoms with E-state index in [1.165, 1.54) is 5.56 Å². The molecule has 0 saturated heterocycles. The van der Waals surface area contributed by atoms with Gasteiger partial charge in [-0.05, 0) is 23.6 Å². The standard InChI is InChI=1S/C15H14O.C7H8O.Fe/c1-12-6-8-13(9-7-12)10-11-15(16)14-4-2-3-5-14;1-6(8)7-4-2-3-5-7;/h2-11,16H,1H3;2-5,8H,1H3;/q;;+2/p-2. The van der Waals surface area contributed by atoms with Crippen LogP contribution in [-0.2, 0) is 17.1 Å². The Bertz CT molecular complexity index is 754. The van der Waals surface area contributed by atoms with Gasteiger partial charge in [-0.2, -0.15) is 0 Å². The van der Waals surface area contributed by atoms with E-state index in [9.17, 15) is 10.2 Å². The summed E-state index contributed by atoms with van der Waals surface area (Å²) in [7, 11) is 0. The van der Waals surface area contributed by atoms with Crippen molar-refractivity contribution in [2.24, 2.45) is 0 Å². The molecule has 128 valence electrons. The van der Waals surface area contributed by atoms with Gasteiger partial charge in [0.05, 0.1) is 0 Å². The molecule has 25 heavy (non-hydrogen) atoms. The molecule has 3 heteroatoms. The maximum absolute atomic E-state index is 11.7. The molecule has 0 heterocycles. The molecule has 0 saturated carbocycles. The van der Waals surface area contributed by atoms with Crippen molar-refractivity contribution in [1.29, 1.82) is 0 Å². The predicted molar refractivity (Wildman–Crippen MR) is 96.5 cm³/mol. The van der Waals surface area contributed by atoms with Crippen molar-refractivity contribution in [2.75, 3.05) is 0 Å². The number of hydrogen-bond donors (Lipinski definition) is 0. The van der Waals surface area contributed by atoms with Crippen molar-refractivity contribution < 1.29 is 27.3 Å². The van der Waals surface area contributed by atoms with Crippen LogP contribution in [-0.4, -0.2) is 0 Å². The molecule has 2 aliphatic rings. The topological polar surface area (TPSA) is 46.1 Å². The van der Waals surface area contributed by atoms with Crippen LogP contribution in [0.15, 0.2) is 102 Å². The first-order chi connectivity index (χ1) is 11.6. The summed E-state index contributed by atoms with van der Waals surface area (Å²) >= 11 is 0. The fourth-order valence-corrected chi connectivity index (χ4v) is 2.09. The minimum absolute atomic E-state index is 0. The Morgan fingerprint density at radius 3 is 1.72 bits per heavy atom. The Labute approximate surface area is 160 Å². The van der Waals surface area contributed by atoms with E-state index in [1.807, 2.05) is 85.9 Å². The monoisotopic (exact) mass is 372 g/mol. The molecular weight excluding hydrogens is 352 g/mol. The van der Waals surface area contributed by atoms with Gasteiger partial charge in [0.1, 0.15) is 0 Å². The first-order valence-electron chi connectivity index (χ1n) is 7.79. The minimum Gasteiger partial charge on any atom is -0.875 e. The Morgan fingerprint density at radius 2 is 1.28 bits per heavy atom. The summed E-state index contributed by atoms with van der Waals surface area (Å²) in [5.41, 5.74) is 3.80. The Kier molecular flexibility index (Phi) is 8.55. The Balaban J connectivity index is 0.000000295. The third-order valence-corrected chi connectivity index (χ3v) is 3.52. The SMILES string of the molecule is CC([O-])=C1C=CC=C1.Cc1ccc(C=CC([O-])=C2C=CC=C2)cc1.[Fe+2]. The summed E-state index contributed by atoms with van der Waals surface area (Å²) in [6, 6.07) is 8.08. The third-order valence-electron chi connectivity index (χ3n) is 3.52. The number of allylic oxidation sites excluding steroid dienone is 12. The molecule has 0 N–H and O–H groups in total. The van der Waals surface area contributed by atoms with Gasteiger partial charge in [0, 0.05) is 0 Å². The van der Waals surface area contributed by atoms with E-state index in [-0.39, 0.29) is 28.6 Å². The van der Waals surface area contributed by atoms with E-state index in [0.717, 1.165) is 16.7 Å². The van der Waals surface area contributed by atoms with Crippen LogP contribution in [0.3, 0.4) is 0 Å². The molecule has 0 spiro atoms. The predicted octanol–water partition coefficient (Wildman–Crippen LogP) is 3.49. The van der Waals surface area contributed by atoms with Crippen LogP contribution in [0.4, 0.5) is 0 Å². The molecule has 1 aromatic rings. The van der Waals surface area contributed by atoms with E-state index in [1.54, 1.807) is 13.0 Å². The average Bonchev–Trinajstić information content (AvgIpc) is 3.28. The minimum atomic E-state index is 0. The van der Waals surface area contributed by atoms with Gasteiger partial charge in [0.25, 0.3) is 0 Å². The summed E-state index contributed by atoms with van der Waals surface area (Å²) in [6.45, 7) is 3.61. The quantitative estimate of drug-likeness (QED) is 0.589. The maximum atomic E-state index is 11.7. The molecule has 0 unspecified atom stereocenters. The summed E-state index contributed by atoms with van der Waals surface area (Å²) in [6.07, 6.45) is 18.2. The second kappa shape index (κ2) is 10.4. The van der Waals surface area contributed by atoms with Crippen molar-refractivity contribution in [3.8, 4) is 0 Å². The molecule has 2 aliphatic carbocycles. The van der Waals surface area contributed by atoms with Gasteiger partial charge in [-0.25, -0.2) is 0 Å². The van der Waals surface area contributed by atoms with Gasteiger partial charge < -0.3 is 10.2 Å². The summed E-state index contributed by atoms with van der Waals surface area (Å²) in [5, 5.41) is 22.2. The van der Waals surface area contributed by atoms with Crippen molar-refractivity contribution in [2.45, 2.75) is 13.8 Å². The Morgan fingerprint density at radius 1 is 0.800 bits per heavy atom. The van der Waals surface area contributed by atoms with E-state index < -0.39 is 0 Å². The van der Waals surface area contributed by atoms with Crippen LogP contribution in [0.5, 0.6) is 0 Å². The number of rotatable bonds is 2. The van der Waals surface area contributed by atoms with Crippen LogP contribution >= 0.6 is 0 Å². The zero-order valence-electron chi connectivity index (χ0n) is 14.3. The first-order valence-corrected chi connectivity index (χ1v) is 7.79. The van der Waals surface area contributed by atoms with Crippen LogP contribution in [0.2, 0.25) is 0 Å². The van der Waals surface area contributed by atoms with Crippen LogP contribution < -0.4 is 10.2 Å². The molecule has 0 atom stereocenters. The van der Waals surface area contributed by atoms with Crippen molar-refractivity contribution in [3.05, 3.63) is 113 Å². The van der Waals surface area contributed by atoms with Gasteiger partial charge in [0.15, 0.2) is 0 Å². The van der Waals surface area contributed by atoms with E-state index in [0.29, 0.717) is 0 Å². The first kappa shape index (κ1) is 20.6. The zero-order valence-corrected chi connectivity index (χ0v) is 15.4. The van der Waals surface area contributed by atoms with Gasteiger partial charge in [-0.15, -0.1) is 11.5 Å². The smallest absolute Gasteiger partial charge is 0.875 e. The molecule has 0 aliphatic heterocycles. The van der Waals surface area contributed by atoms with Crippen molar-refractivity contribution in [3.63, 3.8) is 0 Å². The van der Waals surface area contributed by atoms with Crippen molar-refractivity contribution in [1.82, 2.24) is 0 Å². The second-order valence-corrected chi connectivity index (χ2v) is 5.51. The molecule has 2 nitrogen and oxygen atoms in total. The maximum Gasteiger partial charge on any atom is 2.00 e. The zero-order chi connectivity index (χ0) is 17.4. The Hall–Kier alpha value is -2.48. The fraction of sp³-hybridized carbons (Fsp3) is 0.0909. The van der Waals surface area contributed by atoms with Crippen molar-refractivity contribution >= 4 is 6.08 Å². The molecule has 0 aromatic heterocycles. The molecule has 0 amide bonds. The van der Waals surface area contributed by atoms with Crippen LogP contribution in [0.1, 0.15) is 18.1 Å². The molecule has 0 fully saturated rings. The second-order valence-electron chi connectivity index (χ2n) is 5.51. The molecule has 0 bridgehead atoms. The van der Waals surface area contributed by atoms with E-state index in [2.05, 4.69) is 0 Å². The summed E-state index contributed by atoms with van der Waals surface area (Å²) < 4.78 is 0. The molecule has 3 rings (SSSR count). The third kappa shape index (κ3) is 6.88. The normalized spacial score (nSPS) is 13.8. The average molecular weight is 372 g/mol. The molecule has 0 radical (unpaired) electrons. The molecule has 1 aromatic carbocycles. The van der Waals surface area contributed by atoms with Crippen LogP contribution in [0, 0.1) is 6.92 Å². The van der Waals surface area contributed by atoms with Gasteiger partial charge in [-0.1, -0.05) is 97.5 Å². The van der Waals surface area contributed by atoms with Gasteiger partial charge in [0.2, 0.25) is 0 Å². The van der Waals surface area contributed by atoms with E-state index >= 15 is 0 Å².